The Morgan fingerprint density at radius 1 is 1.38 bits per heavy atom. The molecule has 1 aromatic carbocycles. The molecule has 0 aromatic heterocycles. The zero-order chi connectivity index (χ0) is 14.8. The van der Waals surface area contributed by atoms with Crippen molar-refractivity contribution in [1.82, 2.24) is 4.90 Å². The largest absolute Gasteiger partial charge is 0.399 e. The highest BCUT2D eigenvalue weighted by atomic mass is 16.1. The van der Waals surface area contributed by atoms with E-state index in [4.69, 9.17) is 5.73 Å². The van der Waals surface area contributed by atoms with E-state index in [1.807, 2.05) is 6.07 Å². The highest BCUT2D eigenvalue weighted by molar-refractivity contribution is 5.71. The molecule has 0 amide bonds. The average molecular weight is 287 g/mol. The second kappa shape index (κ2) is 6.06. The minimum absolute atomic E-state index is 0.0211. The van der Waals surface area contributed by atoms with Crippen LogP contribution in [0.4, 0.5) is 11.4 Å². The normalized spacial score (nSPS) is 25.9. The molecule has 2 N–H and O–H groups in total. The number of likely N-dealkylation sites (tertiary alicyclic amines) is 1. The van der Waals surface area contributed by atoms with Gasteiger partial charge in [0.2, 0.25) is 0 Å². The van der Waals surface area contributed by atoms with Gasteiger partial charge in [-0.3, -0.25) is 0 Å². The van der Waals surface area contributed by atoms with Crippen molar-refractivity contribution in [1.29, 1.82) is 0 Å². The van der Waals surface area contributed by atoms with Gasteiger partial charge in [-0.2, -0.15) is 0 Å². The van der Waals surface area contributed by atoms with Crippen molar-refractivity contribution >= 4 is 17.7 Å². The Hall–Kier alpha value is -1.55. The molecule has 2 unspecified atom stereocenters. The van der Waals surface area contributed by atoms with Gasteiger partial charge in [0.15, 0.2) is 0 Å². The molecule has 1 aromatic rings. The topological polar surface area (TPSA) is 49.6 Å². The van der Waals surface area contributed by atoms with Gasteiger partial charge in [-0.25, -0.2) is 0 Å². The second-order valence-corrected chi connectivity index (χ2v) is 6.39. The highest BCUT2D eigenvalue weighted by Crippen LogP contribution is 2.32. The fourth-order valence-electron chi connectivity index (χ4n) is 3.78. The summed E-state index contributed by atoms with van der Waals surface area (Å²) in [6.07, 6.45) is 6.67. The van der Waals surface area contributed by atoms with E-state index < -0.39 is 0 Å². The molecule has 2 atom stereocenters. The van der Waals surface area contributed by atoms with Crippen LogP contribution < -0.4 is 10.6 Å². The van der Waals surface area contributed by atoms with E-state index >= 15 is 0 Å². The Morgan fingerprint density at radius 3 is 2.95 bits per heavy atom. The molecule has 4 nitrogen and oxygen atoms in total. The van der Waals surface area contributed by atoms with Crippen LogP contribution in [0.3, 0.4) is 0 Å². The molecule has 0 aliphatic carbocycles. The molecule has 114 valence electrons. The van der Waals surface area contributed by atoms with Crippen molar-refractivity contribution in [3.05, 3.63) is 23.8 Å². The number of nitrogens with zero attached hydrogens (tertiary/aromatic N) is 2. The van der Waals surface area contributed by atoms with E-state index in [2.05, 4.69) is 29.0 Å². The molecular formula is C17H25N3O. The first-order valence-corrected chi connectivity index (χ1v) is 7.99. The maximum Gasteiger partial charge on any atom is 0.142 e. The third-order valence-electron chi connectivity index (χ3n) is 5.05. The van der Waals surface area contributed by atoms with E-state index in [9.17, 15) is 4.79 Å². The zero-order valence-corrected chi connectivity index (χ0v) is 12.8. The lowest BCUT2D eigenvalue weighted by atomic mass is 9.95. The molecule has 3 rings (SSSR count). The van der Waals surface area contributed by atoms with Crippen LogP contribution in [0.25, 0.3) is 0 Å². The first-order valence-electron chi connectivity index (χ1n) is 7.99. The number of rotatable bonds is 4. The van der Waals surface area contributed by atoms with Gasteiger partial charge in [0.25, 0.3) is 0 Å². The molecule has 0 bridgehead atoms. The lowest BCUT2D eigenvalue weighted by molar-refractivity contribution is -0.109. The van der Waals surface area contributed by atoms with Crippen LogP contribution >= 0.6 is 0 Å². The van der Waals surface area contributed by atoms with Crippen molar-refractivity contribution in [3.8, 4) is 0 Å². The molecule has 2 aliphatic heterocycles. The third-order valence-corrected chi connectivity index (χ3v) is 5.05. The molecule has 0 saturated carbocycles. The van der Waals surface area contributed by atoms with Crippen molar-refractivity contribution in [2.45, 2.75) is 44.2 Å². The van der Waals surface area contributed by atoms with E-state index in [1.54, 1.807) is 0 Å². The number of hydrogen-bond acceptors (Lipinski definition) is 4. The number of carbonyl (C=O) groups is 1. The summed E-state index contributed by atoms with van der Waals surface area (Å²) >= 11 is 0. The molecule has 1 fully saturated rings. The Balaban J connectivity index is 1.76. The Bertz CT molecular complexity index is 517. The Labute approximate surface area is 126 Å². The molecule has 2 aliphatic rings. The monoisotopic (exact) mass is 287 g/mol. The number of fused-ring (bicyclic) bond motifs is 1. The number of nitrogen functional groups attached to an aromatic ring is 1. The summed E-state index contributed by atoms with van der Waals surface area (Å²) in [6, 6.07) is 6.77. The SMILES string of the molecule is CN1CCCC1CCN1c2ccc(N)cc2CCC1C=O. The fraction of sp³-hybridized carbons (Fsp3) is 0.588. The molecule has 0 radical (unpaired) electrons. The minimum Gasteiger partial charge on any atom is -0.399 e. The van der Waals surface area contributed by atoms with E-state index in [1.165, 1.54) is 30.6 Å². The number of benzene rings is 1. The van der Waals surface area contributed by atoms with Gasteiger partial charge in [0.05, 0.1) is 6.04 Å². The van der Waals surface area contributed by atoms with Gasteiger partial charge in [-0.05, 0) is 69.5 Å². The molecule has 2 heterocycles. The predicted octanol–water partition coefficient (Wildman–Crippen LogP) is 2.07. The highest BCUT2D eigenvalue weighted by Gasteiger charge is 2.28. The number of hydrogen-bond donors (Lipinski definition) is 1. The van der Waals surface area contributed by atoms with Crippen LogP contribution in [-0.4, -0.2) is 43.4 Å². The van der Waals surface area contributed by atoms with Gasteiger partial charge in [0.1, 0.15) is 6.29 Å². The predicted molar refractivity (Wildman–Crippen MR) is 86.6 cm³/mol. The molecule has 4 heteroatoms. The van der Waals surface area contributed by atoms with Crippen LogP contribution in [0.1, 0.15) is 31.2 Å². The number of nitrogens with two attached hydrogens (primary N) is 1. The van der Waals surface area contributed by atoms with Crippen LogP contribution in [0, 0.1) is 0 Å². The number of anilines is 2. The van der Waals surface area contributed by atoms with Crippen molar-refractivity contribution in [3.63, 3.8) is 0 Å². The fourth-order valence-corrected chi connectivity index (χ4v) is 3.78. The molecule has 1 saturated heterocycles. The Kier molecular flexibility index (Phi) is 4.15. The number of aryl methyl sites for hydroxylation is 1. The van der Waals surface area contributed by atoms with Gasteiger partial charge in [0, 0.05) is 24.0 Å². The van der Waals surface area contributed by atoms with Crippen molar-refractivity contribution in [2.24, 2.45) is 0 Å². The zero-order valence-electron chi connectivity index (χ0n) is 12.8. The summed E-state index contributed by atoms with van der Waals surface area (Å²) in [5, 5.41) is 0. The van der Waals surface area contributed by atoms with Gasteiger partial charge in [-0.1, -0.05) is 0 Å². The summed E-state index contributed by atoms with van der Waals surface area (Å²) in [4.78, 5) is 16.2. The third kappa shape index (κ3) is 2.91. The average Bonchev–Trinajstić information content (AvgIpc) is 2.89. The van der Waals surface area contributed by atoms with Gasteiger partial charge >= 0.3 is 0 Å². The second-order valence-electron chi connectivity index (χ2n) is 6.39. The first-order chi connectivity index (χ1) is 10.2. The molecular weight excluding hydrogens is 262 g/mol. The van der Waals surface area contributed by atoms with Crippen molar-refractivity contribution in [2.75, 3.05) is 30.8 Å². The van der Waals surface area contributed by atoms with Crippen LogP contribution in [0.2, 0.25) is 0 Å². The maximum atomic E-state index is 11.4. The standard InChI is InChI=1S/C17H25N3O/c1-19-9-2-3-15(19)8-10-20-16(12-21)6-4-13-11-14(18)5-7-17(13)20/h5,7,11-12,15-16H,2-4,6,8-10,18H2,1H3. The minimum atomic E-state index is 0.0211. The smallest absolute Gasteiger partial charge is 0.142 e. The van der Waals surface area contributed by atoms with E-state index in [0.717, 1.165) is 37.8 Å². The number of carbonyl (C=O) groups excluding carboxylic acids is 1. The van der Waals surface area contributed by atoms with E-state index in [-0.39, 0.29) is 6.04 Å². The van der Waals surface area contributed by atoms with Crippen LogP contribution in [0.15, 0.2) is 18.2 Å². The quantitative estimate of drug-likeness (QED) is 0.680. The summed E-state index contributed by atoms with van der Waals surface area (Å²) in [6.45, 7) is 2.16. The van der Waals surface area contributed by atoms with Gasteiger partial charge in [-0.15, -0.1) is 0 Å². The lowest BCUT2D eigenvalue weighted by Crippen LogP contribution is -2.42. The summed E-state index contributed by atoms with van der Waals surface area (Å²) in [7, 11) is 2.21. The maximum absolute atomic E-state index is 11.4. The Morgan fingerprint density at radius 2 is 2.24 bits per heavy atom. The summed E-state index contributed by atoms with van der Waals surface area (Å²) in [5.41, 5.74) is 9.19. The lowest BCUT2D eigenvalue weighted by Gasteiger charge is -2.37. The van der Waals surface area contributed by atoms with Crippen LogP contribution in [-0.2, 0) is 11.2 Å². The molecule has 21 heavy (non-hydrogen) atoms. The summed E-state index contributed by atoms with van der Waals surface area (Å²) in [5.74, 6) is 0. The van der Waals surface area contributed by atoms with Crippen LogP contribution in [0.5, 0.6) is 0 Å². The number of aldehydes is 1. The van der Waals surface area contributed by atoms with Gasteiger partial charge < -0.3 is 20.3 Å². The molecule has 0 spiro atoms. The van der Waals surface area contributed by atoms with Crippen molar-refractivity contribution < 1.29 is 4.79 Å². The summed E-state index contributed by atoms with van der Waals surface area (Å²) < 4.78 is 0. The first kappa shape index (κ1) is 14.4. The van der Waals surface area contributed by atoms with E-state index in [0.29, 0.717) is 6.04 Å².